The summed E-state index contributed by atoms with van der Waals surface area (Å²) in [5.74, 6) is 1.84. The minimum atomic E-state index is -0.337. The van der Waals surface area contributed by atoms with E-state index in [4.69, 9.17) is 18.9 Å². The molecule has 0 radical (unpaired) electrons. The third-order valence-electron chi connectivity index (χ3n) is 6.69. The molecule has 0 aromatic heterocycles. The van der Waals surface area contributed by atoms with Gasteiger partial charge < -0.3 is 29.0 Å². The van der Waals surface area contributed by atoms with E-state index >= 15 is 0 Å². The fraction of sp³-hybridized carbons (Fsp3) is 0.235. The third-order valence-corrected chi connectivity index (χ3v) is 6.69. The molecule has 1 saturated heterocycles. The highest BCUT2D eigenvalue weighted by Crippen LogP contribution is 2.34. The lowest BCUT2D eigenvalue weighted by molar-refractivity contribution is -0.126. The van der Waals surface area contributed by atoms with Crippen molar-refractivity contribution in [2.24, 2.45) is 0 Å². The Labute approximate surface area is 246 Å². The number of benzene rings is 3. The number of carbonyl (C=O) groups is 2. The van der Waals surface area contributed by atoms with E-state index in [1.165, 1.54) is 32.8 Å². The second kappa shape index (κ2) is 15.1. The first kappa shape index (κ1) is 30.0. The summed E-state index contributed by atoms with van der Waals surface area (Å²) < 4.78 is 20.8. The van der Waals surface area contributed by atoms with Crippen molar-refractivity contribution < 1.29 is 33.6 Å². The quantitative estimate of drug-likeness (QED) is 0.193. The predicted octanol–water partition coefficient (Wildman–Crippen LogP) is 6.30. The summed E-state index contributed by atoms with van der Waals surface area (Å²) in [5.41, 5.74) is 2.04. The van der Waals surface area contributed by atoms with Crippen molar-refractivity contribution in [1.29, 1.82) is 0 Å². The molecular weight excluding hydrogens is 534 g/mol. The summed E-state index contributed by atoms with van der Waals surface area (Å²) >= 11 is 0. The van der Waals surface area contributed by atoms with E-state index in [0.717, 1.165) is 48.6 Å². The molecule has 0 unspecified atom stereocenters. The number of likely N-dealkylation sites (tertiary alicyclic amines) is 1. The van der Waals surface area contributed by atoms with Gasteiger partial charge in [-0.15, -0.1) is 0 Å². The summed E-state index contributed by atoms with van der Waals surface area (Å²) in [6.45, 7) is 2.05. The highest BCUT2D eigenvalue weighted by atomic mass is 16.7. The molecule has 0 saturated carbocycles. The number of phenols is 1. The van der Waals surface area contributed by atoms with E-state index in [9.17, 15) is 14.7 Å². The number of aromatic hydroxyl groups is 1. The van der Waals surface area contributed by atoms with Gasteiger partial charge in [0.25, 0.3) is 0 Å². The van der Waals surface area contributed by atoms with Crippen LogP contribution < -0.4 is 18.9 Å². The van der Waals surface area contributed by atoms with Gasteiger partial charge >= 0.3 is 0 Å². The molecule has 0 bridgehead atoms. The first-order valence-corrected chi connectivity index (χ1v) is 13.7. The van der Waals surface area contributed by atoms with Gasteiger partial charge in [0.05, 0.1) is 14.2 Å². The smallest absolute Gasteiger partial charge is 0.246 e. The van der Waals surface area contributed by atoms with E-state index in [-0.39, 0.29) is 35.5 Å². The second-order valence-corrected chi connectivity index (χ2v) is 9.55. The van der Waals surface area contributed by atoms with Crippen LogP contribution in [0.2, 0.25) is 0 Å². The maximum Gasteiger partial charge on any atom is 0.246 e. The Balaban J connectivity index is 0.000000193. The monoisotopic (exact) mass is 569 g/mol. The lowest BCUT2D eigenvalue weighted by Gasteiger charge is -2.25. The molecule has 0 atom stereocenters. The molecule has 8 nitrogen and oxygen atoms in total. The van der Waals surface area contributed by atoms with Crippen LogP contribution in [0.25, 0.3) is 12.2 Å². The van der Waals surface area contributed by atoms with Crippen molar-refractivity contribution in [2.45, 2.75) is 19.3 Å². The normalized spacial score (nSPS) is 14.2. The van der Waals surface area contributed by atoms with Crippen molar-refractivity contribution in [3.05, 3.63) is 102 Å². The number of methoxy groups -OCH3 is 2. The Morgan fingerprint density at radius 1 is 0.810 bits per heavy atom. The number of phenolic OH excluding ortho intramolecular Hbond substituents is 1. The van der Waals surface area contributed by atoms with Gasteiger partial charge in [0.2, 0.25) is 12.7 Å². The van der Waals surface area contributed by atoms with Gasteiger partial charge in [0.1, 0.15) is 22.8 Å². The minimum Gasteiger partial charge on any atom is -0.507 e. The van der Waals surface area contributed by atoms with Crippen LogP contribution in [0.1, 0.15) is 40.7 Å². The van der Waals surface area contributed by atoms with E-state index in [0.29, 0.717) is 5.75 Å². The lowest BCUT2D eigenvalue weighted by atomic mass is 10.1. The number of ketones is 1. The number of amides is 1. The number of piperidine rings is 1. The van der Waals surface area contributed by atoms with Crippen LogP contribution in [-0.4, -0.2) is 55.8 Å². The van der Waals surface area contributed by atoms with Crippen molar-refractivity contribution in [1.82, 2.24) is 4.90 Å². The van der Waals surface area contributed by atoms with Crippen molar-refractivity contribution in [3.8, 4) is 28.7 Å². The summed E-state index contributed by atoms with van der Waals surface area (Å²) in [7, 11) is 2.91. The lowest BCUT2D eigenvalue weighted by Crippen LogP contribution is -2.34. The molecule has 5 rings (SSSR count). The van der Waals surface area contributed by atoms with Gasteiger partial charge in [-0.25, -0.2) is 0 Å². The first-order valence-electron chi connectivity index (χ1n) is 13.7. The number of hydrogen-bond acceptors (Lipinski definition) is 7. The fourth-order valence-corrected chi connectivity index (χ4v) is 4.46. The number of fused-ring (bicyclic) bond motifs is 1. The minimum absolute atomic E-state index is 0.102. The molecule has 3 aromatic carbocycles. The van der Waals surface area contributed by atoms with Crippen LogP contribution in [0.4, 0.5) is 0 Å². The van der Waals surface area contributed by atoms with Gasteiger partial charge in [-0.1, -0.05) is 60.7 Å². The van der Waals surface area contributed by atoms with Crippen LogP contribution in [0, 0.1) is 0 Å². The number of carbonyl (C=O) groups excluding carboxylic acids is 2. The molecule has 3 aromatic rings. The highest BCUT2D eigenvalue weighted by molar-refractivity contribution is 6.10. The van der Waals surface area contributed by atoms with Crippen molar-refractivity contribution >= 4 is 23.8 Å². The van der Waals surface area contributed by atoms with E-state index in [1.54, 1.807) is 24.3 Å². The molecule has 1 N–H and O–H groups in total. The van der Waals surface area contributed by atoms with Gasteiger partial charge in [0.15, 0.2) is 17.3 Å². The Morgan fingerprint density at radius 2 is 1.57 bits per heavy atom. The van der Waals surface area contributed by atoms with Crippen LogP contribution in [0.3, 0.4) is 0 Å². The zero-order valence-corrected chi connectivity index (χ0v) is 23.8. The predicted molar refractivity (Wildman–Crippen MR) is 162 cm³/mol. The van der Waals surface area contributed by atoms with Crippen LogP contribution >= 0.6 is 0 Å². The number of ether oxygens (including phenoxy) is 4. The van der Waals surface area contributed by atoms with Gasteiger partial charge in [-0.3, -0.25) is 9.59 Å². The number of hydrogen-bond donors (Lipinski definition) is 1. The van der Waals surface area contributed by atoms with Crippen molar-refractivity contribution in [2.75, 3.05) is 34.1 Å². The highest BCUT2D eigenvalue weighted by Gasteiger charge is 2.17. The zero-order valence-electron chi connectivity index (χ0n) is 23.8. The van der Waals surface area contributed by atoms with Gasteiger partial charge in [-0.2, -0.15) is 0 Å². The standard InChI is InChI=1S/C17H19NO3.C17H16O4/c19-17(18-10-4-1-5-11-18)7-3-2-6-14-8-9-15-16(12-14)21-13-20-15;1-20-13-10-15(19)17(16(11-13)21-2)14(18)9-8-12-6-4-3-5-7-12/h2-3,6-9,12H,1,4-5,10-11,13H2;3-11,19H,1-2H3. The van der Waals surface area contributed by atoms with Crippen LogP contribution in [0.15, 0.2) is 85.0 Å². The second-order valence-electron chi connectivity index (χ2n) is 9.55. The maximum atomic E-state index is 12.3. The summed E-state index contributed by atoms with van der Waals surface area (Å²) in [5, 5.41) is 9.99. The largest absolute Gasteiger partial charge is 0.507 e. The molecule has 2 aliphatic heterocycles. The maximum absolute atomic E-state index is 12.3. The average molecular weight is 570 g/mol. The Bertz CT molecular complexity index is 1450. The summed E-state index contributed by atoms with van der Waals surface area (Å²) in [6.07, 6.45) is 13.8. The number of rotatable bonds is 8. The first-order chi connectivity index (χ1) is 20.5. The zero-order chi connectivity index (χ0) is 29.7. The van der Waals surface area contributed by atoms with E-state index in [2.05, 4.69) is 0 Å². The molecule has 1 amide bonds. The van der Waals surface area contributed by atoms with Crippen LogP contribution in [-0.2, 0) is 4.79 Å². The molecule has 8 heteroatoms. The molecule has 2 heterocycles. The van der Waals surface area contributed by atoms with Crippen LogP contribution in [0.5, 0.6) is 28.7 Å². The van der Waals surface area contributed by atoms with Gasteiger partial charge in [0, 0.05) is 31.3 Å². The third kappa shape index (κ3) is 8.27. The van der Waals surface area contributed by atoms with E-state index < -0.39 is 0 Å². The summed E-state index contributed by atoms with van der Waals surface area (Å²) in [6, 6.07) is 18.2. The van der Waals surface area contributed by atoms with E-state index in [1.807, 2.05) is 65.6 Å². The number of nitrogens with zero attached hydrogens (tertiary/aromatic N) is 1. The molecular formula is C34H35NO7. The Kier molecular flexibility index (Phi) is 10.8. The fourth-order valence-electron chi connectivity index (χ4n) is 4.46. The molecule has 1 fully saturated rings. The van der Waals surface area contributed by atoms with Gasteiger partial charge in [-0.05, 0) is 48.6 Å². The molecule has 2 aliphatic rings. The average Bonchev–Trinajstić information content (AvgIpc) is 3.51. The SMILES string of the molecule is COc1cc(O)c(C(=O)C=Cc2ccccc2)c(OC)c1.O=C(C=CC=Cc1ccc2c(c1)OCO2)N1CCCCC1. The molecule has 0 spiro atoms. The molecule has 0 aliphatic carbocycles. The summed E-state index contributed by atoms with van der Waals surface area (Å²) in [4.78, 5) is 26.1. The molecule has 218 valence electrons. The Morgan fingerprint density at radius 3 is 2.31 bits per heavy atom. The number of allylic oxidation sites excluding steroid dienone is 3. The molecule has 42 heavy (non-hydrogen) atoms. The topological polar surface area (TPSA) is 94.5 Å². The Hall–Kier alpha value is -4.98. The van der Waals surface area contributed by atoms with Crippen molar-refractivity contribution in [3.63, 3.8) is 0 Å².